The highest BCUT2D eigenvalue weighted by atomic mass is 16.5. The van der Waals surface area contributed by atoms with E-state index in [2.05, 4.69) is 10.2 Å². The van der Waals surface area contributed by atoms with Crippen LogP contribution in [0.3, 0.4) is 0 Å². The van der Waals surface area contributed by atoms with Crippen LogP contribution in [0.25, 0.3) is 0 Å². The maximum atomic E-state index is 9.68. The van der Waals surface area contributed by atoms with Crippen LogP contribution in [0.1, 0.15) is 5.56 Å². The maximum Gasteiger partial charge on any atom is 0.143 e. The smallest absolute Gasteiger partial charge is 0.143 e. The van der Waals surface area contributed by atoms with E-state index in [0.29, 0.717) is 11.4 Å². The van der Waals surface area contributed by atoms with Gasteiger partial charge in [-0.1, -0.05) is 6.07 Å². The molecule has 92 valence electrons. The van der Waals surface area contributed by atoms with Crippen LogP contribution in [0, 0.1) is 6.92 Å². The molecule has 0 fully saturated rings. The van der Waals surface area contributed by atoms with Crippen molar-refractivity contribution in [3.63, 3.8) is 0 Å². The Kier molecular flexibility index (Phi) is 3.57. The molecular formula is C14H14N2O2. The lowest BCUT2D eigenvalue weighted by Gasteiger charge is -2.00. The van der Waals surface area contributed by atoms with Gasteiger partial charge in [0, 0.05) is 0 Å². The molecule has 0 atom stereocenters. The molecule has 1 N–H and O–H groups in total. The van der Waals surface area contributed by atoms with Crippen molar-refractivity contribution in [3.8, 4) is 11.5 Å². The number of phenols is 1. The molecule has 0 heterocycles. The van der Waals surface area contributed by atoms with Crippen molar-refractivity contribution in [2.45, 2.75) is 6.92 Å². The zero-order chi connectivity index (χ0) is 13.0. The average Bonchev–Trinajstić information content (AvgIpc) is 2.38. The molecular weight excluding hydrogens is 228 g/mol. The second-order valence-corrected chi connectivity index (χ2v) is 3.89. The third-order valence-corrected chi connectivity index (χ3v) is 2.48. The summed E-state index contributed by atoms with van der Waals surface area (Å²) in [6.07, 6.45) is 0. The van der Waals surface area contributed by atoms with E-state index in [1.807, 2.05) is 25.1 Å². The van der Waals surface area contributed by atoms with Gasteiger partial charge in [0.15, 0.2) is 0 Å². The average molecular weight is 242 g/mol. The molecule has 0 unspecified atom stereocenters. The van der Waals surface area contributed by atoms with Gasteiger partial charge >= 0.3 is 0 Å². The number of rotatable bonds is 3. The monoisotopic (exact) mass is 242 g/mol. The van der Waals surface area contributed by atoms with Gasteiger partial charge in [0.05, 0.1) is 12.8 Å². The number of phenolic OH excluding ortho intramolecular Hbond substituents is 1. The topological polar surface area (TPSA) is 54.2 Å². The molecule has 0 saturated heterocycles. The molecule has 2 rings (SSSR count). The number of hydrogen-bond donors (Lipinski definition) is 1. The fourth-order valence-corrected chi connectivity index (χ4v) is 1.48. The predicted octanol–water partition coefficient (Wildman–Crippen LogP) is 4.12. The number of hydrogen-bond acceptors (Lipinski definition) is 4. The Morgan fingerprint density at radius 1 is 1.00 bits per heavy atom. The standard InChI is InChI=1S/C14H14N2O2/c1-10-3-8-13(14(17)9-10)16-15-11-4-6-12(18-2)7-5-11/h3-9,17H,1-2H3. The Balaban J connectivity index is 2.19. The molecule has 0 spiro atoms. The first-order valence-electron chi connectivity index (χ1n) is 5.54. The molecule has 0 aliphatic heterocycles. The molecule has 0 radical (unpaired) electrons. The number of ether oxygens (including phenoxy) is 1. The van der Waals surface area contributed by atoms with E-state index in [0.717, 1.165) is 11.3 Å². The van der Waals surface area contributed by atoms with Gasteiger partial charge in [-0.2, -0.15) is 5.11 Å². The molecule has 0 saturated carbocycles. The summed E-state index contributed by atoms with van der Waals surface area (Å²) in [5.74, 6) is 0.902. The maximum absolute atomic E-state index is 9.68. The first-order valence-corrected chi connectivity index (χ1v) is 5.54. The fraction of sp³-hybridized carbons (Fsp3) is 0.143. The summed E-state index contributed by atoms with van der Waals surface area (Å²) in [5.41, 5.74) is 2.14. The Morgan fingerprint density at radius 3 is 2.33 bits per heavy atom. The lowest BCUT2D eigenvalue weighted by molar-refractivity contribution is 0.415. The van der Waals surface area contributed by atoms with Crippen molar-refractivity contribution in [1.82, 2.24) is 0 Å². The Labute approximate surface area is 106 Å². The van der Waals surface area contributed by atoms with E-state index in [4.69, 9.17) is 4.74 Å². The molecule has 2 aromatic carbocycles. The summed E-state index contributed by atoms with van der Waals surface area (Å²) in [7, 11) is 1.61. The third-order valence-electron chi connectivity index (χ3n) is 2.48. The van der Waals surface area contributed by atoms with Crippen molar-refractivity contribution in [3.05, 3.63) is 48.0 Å². The van der Waals surface area contributed by atoms with Crippen LogP contribution >= 0.6 is 0 Å². The zero-order valence-electron chi connectivity index (χ0n) is 10.3. The fourth-order valence-electron chi connectivity index (χ4n) is 1.48. The van der Waals surface area contributed by atoms with Gasteiger partial charge < -0.3 is 9.84 Å². The number of azo groups is 1. The van der Waals surface area contributed by atoms with Crippen molar-refractivity contribution in [2.24, 2.45) is 10.2 Å². The Morgan fingerprint density at radius 2 is 1.72 bits per heavy atom. The highest BCUT2D eigenvalue weighted by Gasteiger charge is 1.99. The summed E-state index contributed by atoms with van der Waals surface area (Å²) in [6, 6.07) is 12.5. The first-order chi connectivity index (χ1) is 8.69. The quantitative estimate of drug-likeness (QED) is 0.823. The van der Waals surface area contributed by atoms with Gasteiger partial charge in [-0.05, 0) is 48.9 Å². The van der Waals surface area contributed by atoms with Gasteiger partial charge in [-0.25, -0.2) is 0 Å². The summed E-state index contributed by atoms with van der Waals surface area (Å²) >= 11 is 0. The van der Waals surface area contributed by atoms with Gasteiger partial charge in [0.2, 0.25) is 0 Å². The Hall–Kier alpha value is -2.36. The van der Waals surface area contributed by atoms with Gasteiger partial charge in [-0.3, -0.25) is 0 Å². The molecule has 4 nitrogen and oxygen atoms in total. The summed E-state index contributed by atoms with van der Waals surface area (Å²) < 4.78 is 5.05. The molecule has 0 aliphatic rings. The zero-order valence-corrected chi connectivity index (χ0v) is 10.3. The minimum Gasteiger partial charge on any atom is -0.506 e. The van der Waals surface area contributed by atoms with Crippen LogP contribution in [0.4, 0.5) is 11.4 Å². The number of methoxy groups -OCH3 is 1. The van der Waals surface area contributed by atoms with Crippen molar-refractivity contribution < 1.29 is 9.84 Å². The van der Waals surface area contributed by atoms with Gasteiger partial charge in [0.25, 0.3) is 0 Å². The van der Waals surface area contributed by atoms with Gasteiger partial charge in [0.1, 0.15) is 17.2 Å². The largest absolute Gasteiger partial charge is 0.506 e. The number of nitrogens with zero attached hydrogens (tertiary/aromatic N) is 2. The molecule has 18 heavy (non-hydrogen) atoms. The van der Waals surface area contributed by atoms with Crippen LogP contribution < -0.4 is 4.74 Å². The van der Waals surface area contributed by atoms with Crippen LogP contribution in [-0.2, 0) is 0 Å². The number of aromatic hydroxyl groups is 1. The summed E-state index contributed by atoms with van der Waals surface area (Å²) in [5, 5.41) is 17.7. The first kappa shape index (κ1) is 12.1. The van der Waals surface area contributed by atoms with Crippen LogP contribution in [-0.4, -0.2) is 12.2 Å². The number of benzene rings is 2. The number of aryl methyl sites for hydroxylation is 1. The molecule has 0 bridgehead atoms. The SMILES string of the molecule is COc1ccc(N=Nc2ccc(C)cc2O)cc1. The summed E-state index contributed by atoms with van der Waals surface area (Å²) in [6.45, 7) is 1.91. The second kappa shape index (κ2) is 5.31. The minimum atomic E-state index is 0.132. The van der Waals surface area contributed by atoms with E-state index in [-0.39, 0.29) is 5.75 Å². The van der Waals surface area contributed by atoms with Gasteiger partial charge in [-0.15, -0.1) is 5.11 Å². The molecule has 0 amide bonds. The summed E-state index contributed by atoms with van der Waals surface area (Å²) in [4.78, 5) is 0. The van der Waals surface area contributed by atoms with E-state index >= 15 is 0 Å². The molecule has 0 aromatic heterocycles. The Bertz CT molecular complexity index is 563. The van der Waals surface area contributed by atoms with E-state index < -0.39 is 0 Å². The van der Waals surface area contributed by atoms with E-state index in [9.17, 15) is 5.11 Å². The lowest BCUT2D eigenvalue weighted by atomic mass is 10.2. The molecule has 4 heteroatoms. The van der Waals surface area contributed by atoms with Crippen molar-refractivity contribution in [2.75, 3.05) is 7.11 Å². The van der Waals surface area contributed by atoms with Crippen molar-refractivity contribution >= 4 is 11.4 Å². The van der Waals surface area contributed by atoms with Crippen LogP contribution in [0.15, 0.2) is 52.7 Å². The molecule has 0 aliphatic carbocycles. The highest BCUT2D eigenvalue weighted by molar-refractivity contribution is 5.52. The predicted molar refractivity (Wildman–Crippen MR) is 70.0 cm³/mol. The molecule has 2 aromatic rings. The third kappa shape index (κ3) is 2.85. The normalized spacial score (nSPS) is 10.8. The minimum absolute atomic E-state index is 0.132. The lowest BCUT2D eigenvalue weighted by Crippen LogP contribution is -1.79. The second-order valence-electron chi connectivity index (χ2n) is 3.89. The van der Waals surface area contributed by atoms with E-state index in [1.54, 1.807) is 31.4 Å². The van der Waals surface area contributed by atoms with Crippen LogP contribution in [0.2, 0.25) is 0 Å². The highest BCUT2D eigenvalue weighted by Crippen LogP contribution is 2.29. The van der Waals surface area contributed by atoms with Crippen molar-refractivity contribution in [1.29, 1.82) is 0 Å². The van der Waals surface area contributed by atoms with Crippen LogP contribution in [0.5, 0.6) is 11.5 Å². The van der Waals surface area contributed by atoms with E-state index in [1.165, 1.54) is 0 Å².